The lowest BCUT2D eigenvalue weighted by atomic mass is 9.78. The minimum atomic E-state index is -0.320. The van der Waals surface area contributed by atoms with Gasteiger partial charge in [0.25, 0.3) is 0 Å². The number of thiol groups is 1. The van der Waals surface area contributed by atoms with Gasteiger partial charge in [-0.05, 0) is 42.1 Å². The van der Waals surface area contributed by atoms with Crippen LogP contribution >= 0.6 is 24.8 Å². The van der Waals surface area contributed by atoms with E-state index >= 15 is 0 Å². The van der Waals surface area contributed by atoms with Gasteiger partial charge in [-0.3, -0.25) is 4.39 Å². The van der Waals surface area contributed by atoms with E-state index in [0.29, 0.717) is 6.42 Å². The number of thiocarbonyl (C=S) groups is 1. The van der Waals surface area contributed by atoms with Gasteiger partial charge in [0.1, 0.15) is 0 Å². The van der Waals surface area contributed by atoms with E-state index in [4.69, 9.17) is 12.2 Å². The van der Waals surface area contributed by atoms with Gasteiger partial charge in [-0.25, -0.2) is 0 Å². The topological polar surface area (TPSA) is 0 Å². The molecule has 0 heterocycles. The van der Waals surface area contributed by atoms with Crippen molar-refractivity contribution in [3.63, 3.8) is 0 Å². The van der Waals surface area contributed by atoms with Gasteiger partial charge >= 0.3 is 0 Å². The molecule has 18 heavy (non-hydrogen) atoms. The summed E-state index contributed by atoms with van der Waals surface area (Å²) in [6.45, 7) is 10.3. The molecule has 1 unspecified atom stereocenters. The van der Waals surface area contributed by atoms with Crippen LogP contribution in [0, 0.1) is 10.8 Å². The molecule has 0 aromatic carbocycles. The van der Waals surface area contributed by atoms with Crippen LogP contribution in [-0.2, 0) is 0 Å². The third-order valence-electron chi connectivity index (χ3n) is 4.47. The maximum atomic E-state index is 12.6. The molecule has 3 heteroatoms. The Bertz CT molecular complexity index is 306. The normalized spacial score (nSPS) is 16.5. The lowest BCUT2D eigenvalue weighted by molar-refractivity contribution is 0.345. The highest BCUT2D eigenvalue weighted by Gasteiger charge is 2.28. The van der Waals surface area contributed by atoms with Gasteiger partial charge in [0.05, 0.1) is 6.67 Å². The molecule has 0 rings (SSSR count). The molecular weight excluding hydrogens is 263 g/mol. The van der Waals surface area contributed by atoms with Crippen LogP contribution in [0.15, 0.2) is 11.0 Å². The van der Waals surface area contributed by atoms with E-state index in [0.717, 1.165) is 29.0 Å². The van der Waals surface area contributed by atoms with E-state index in [1.165, 1.54) is 0 Å². The van der Waals surface area contributed by atoms with Gasteiger partial charge in [-0.15, -0.1) is 12.6 Å². The standard InChI is InChI=1S/C15H27FS2/c1-6-14(4,7-2)12(17)11-13(18)15(5,8-3)9-10-16/h11,17H,6-10H2,1-5H3/b12-11-. The van der Waals surface area contributed by atoms with Crippen molar-refractivity contribution in [3.05, 3.63) is 11.0 Å². The molecule has 0 aromatic rings. The van der Waals surface area contributed by atoms with Crippen LogP contribution in [-0.4, -0.2) is 11.5 Å². The molecule has 0 saturated carbocycles. The number of rotatable bonds is 8. The molecule has 0 nitrogen and oxygen atoms in total. The van der Waals surface area contributed by atoms with Crippen molar-refractivity contribution in [2.24, 2.45) is 10.8 Å². The summed E-state index contributed by atoms with van der Waals surface area (Å²) in [7, 11) is 0. The second kappa shape index (κ2) is 7.64. The van der Waals surface area contributed by atoms with Crippen molar-refractivity contribution in [2.45, 2.75) is 60.3 Å². The monoisotopic (exact) mass is 290 g/mol. The first kappa shape index (κ1) is 18.1. The zero-order chi connectivity index (χ0) is 14.4. The largest absolute Gasteiger partial charge is 0.251 e. The Kier molecular flexibility index (Phi) is 7.69. The third kappa shape index (κ3) is 4.34. The summed E-state index contributed by atoms with van der Waals surface area (Å²) in [5.41, 5.74) is -0.141. The Morgan fingerprint density at radius 3 is 1.89 bits per heavy atom. The number of allylic oxidation sites excluding steroid dienone is 2. The average molecular weight is 291 g/mol. The Morgan fingerprint density at radius 2 is 1.56 bits per heavy atom. The van der Waals surface area contributed by atoms with E-state index < -0.39 is 0 Å². The molecule has 0 saturated heterocycles. The Hall–Kier alpha value is 0.110. The van der Waals surface area contributed by atoms with Crippen LogP contribution in [0.5, 0.6) is 0 Å². The molecule has 0 aromatic heterocycles. The van der Waals surface area contributed by atoms with Crippen molar-refractivity contribution in [1.29, 1.82) is 0 Å². The minimum absolute atomic E-state index is 0.0809. The Balaban J connectivity index is 5.12. The fraction of sp³-hybridized carbons (Fsp3) is 0.800. The second-order valence-electron chi connectivity index (χ2n) is 5.51. The van der Waals surface area contributed by atoms with Crippen LogP contribution in [0.4, 0.5) is 4.39 Å². The van der Waals surface area contributed by atoms with Gasteiger partial charge in [0, 0.05) is 10.3 Å². The van der Waals surface area contributed by atoms with Gasteiger partial charge in [-0.2, -0.15) is 0 Å². The highest BCUT2D eigenvalue weighted by atomic mass is 32.1. The van der Waals surface area contributed by atoms with Crippen LogP contribution in [0.1, 0.15) is 60.3 Å². The first-order chi connectivity index (χ1) is 8.29. The Labute approximate surface area is 123 Å². The third-order valence-corrected chi connectivity index (χ3v) is 5.75. The predicted molar refractivity (Wildman–Crippen MR) is 87.3 cm³/mol. The van der Waals surface area contributed by atoms with Crippen molar-refractivity contribution >= 4 is 29.7 Å². The Morgan fingerprint density at radius 1 is 1.11 bits per heavy atom. The summed E-state index contributed by atoms with van der Waals surface area (Å²) < 4.78 is 12.6. The molecule has 0 amide bonds. The maximum Gasteiger partial charge on any atom is 0.0903 e. The number of hydrogen-bond acceptors (Lipinski definition) is 2. The van der Waals surface area contributed by atoms with Crippen molar-refractivity contribution in [2.75, 3.05) is 6.67 Å². The van der Waals surface area contributed by atoms with Crippen LogP contribution in [0.2, 0.25) is 0 Å². The summed E-state index contributed by atoms with van der Waals surface area (Å²) in [5.74, 6) is 0. The van der Waals surface area contributed by atoms with E-state index in [1.807, 2.05) is 13.0 Å². The summed E-state index contributed by atoms with van der Waals surface area (Å²) in [5, 5.41) is 0. The molecule has 0 fully saturated rings. The molecule has 0 radical (unpaired) electrons. The molecule has 0 aliphatic carbocycles. The lowest BCUT2D eigenvalue weighted by Crippen LogP contribution is -2.26. The predicted octanol–water partition coefficient (Wildman–Crippen LogP) is 5.77. The fourth-order valence-corrected chi connectivity index (χ4v) is 2.66. The minimum Gasteiger partial charge on any atom is -0.251 e. The van der Waals surface area contributed by atoms with E-state index in [-0.39, 0.29) is 17.5 Å². The zero-order valence-corrected chi connectivity index (χ0v) is 14.1. The lowest BCUT2D eigenvalue weighted by Gasteiger charge is -2.31. The highest BCUT2D eigenvalue weighted by Crippen LogP contribution is 2.38. The number of hydrogen-bond donors (Lipinski definition) is 1. The molecule has 0 aliphatic heterocycles. The summed E-state index contributed by atoms with van der Waals surface area (Å²) in [4.78, 5) is 1.86. The summed E-state index contributed by atoms with van der Waals surface area (Å²) in [6, 6.07) is 0. The quantitative estimate of drug-likeness (QED) is 0.336. The van der Waals surface area contributed by atoms with E-state index in [1.54, 1.807) is 0 Å². The number of alkyl halides is 1. The van der Waals surface area contributed by atoms with Crippen molar-refractivity contribution in [1.82, 2.24) is 0 Å². The molecule has 0 bridgehead atoms. The molecular formula is C15H27FS2. The van der Waals surface area contributed by atoms with Crippen molar-refractivity contribution in [3.8, 4) is 0 Å². The summed E-state index contributed by atoms with van der Waals surface area (Å²) >= 11 is 10.1. The first-order valence-corrected chi connectivity index (χ1v) is 7.66. The SMILES string of the molecule is CCC(C)(CCF)C(=S)/C=C(\S)C(C)(CC)CC. The number of halogens is 1. The second-order valence-corrected chi connectivity index (χ2v) is 6.44. The molecule has 106 valence electrons. The molecule has 0 aliphatic rings. The fourth-order valence-electron chi connectivity index (χ4n) is 1.77. The molecule has 0 N–H and O–H groups in total. The van der Waals surface area contributed by atoms with E-state index in [9.17, 15) is 4.39 Å². The van der Waals surface area contributed by atoms with Crippen LogP contribution in [0.25, 0.3) is 0 Å². The van der Waals surface area contributed by atoms with Crippen LogP contribution in [0.3, 0.4) is 0 Å². The summed E-state index contributed by atoms with van der Waals surface area (Å²) in [6.07, 6.45) is 5.42. The maximum absolute atomic E-state index is 12.6. The zero-order valence-electron chi connectivity index (χ0n) is 12.3. The van der Waals surface area contributed by atoms with Gasteiger partial charge in [0.15, 0.2) is 0 Å². The van der Waals surface area contributed by atoms with Gasteiger partial charge < -0.3 is 0 Å². The van der Waals surface area contributed by atoms with Crippen LogP contribution < -0.4 is 0 Å². The first-order valence-electron chi connectivity index (χ1n) is 6.81. The highest BCUT2D eigenvalue weighted by molar-refractivity contribution is 7.85. The van der Waals surface area contributed by atoms with Gasteiger partial charge in [0.2, 0.25) is 0 Å². The molecule has 1 atom stereocenters. The van der Waals surface area contributed by atoms with E-state index in [2.05, 4.69) is 40.3 Å². The van der Waals surface area contributed by atoms with Crippen molar-refractivity contribution < 1.29 is 4.39 Å². The molecule has 0 spiro atoms. The smallest absolute Gasteiger partial charge is 0.0903 e. The average Bonchev–Trinajstić information content (AvgIpc) is 2.37. The van der Waals surface area contributed by atoms with Gasteiger partial charge in [-0.1, -0.05) is 46.8 Å².